The molecule has 2 aromatic carbocycles. The highest BCUT2D eigenvalue weighted by molar-refractivity contribution is 5.71. The Morgan fingerprint density at radius 2 is 2.03 bits per heavy atom. The number of imidazole rings is 1. The summed E-state index contributed by atoms with van der Waals surface area (Å²) in [7, 11) is 1.60. The van der Waals surface area contributed by atoms with Gasteiger partial charge in [-0.1, -0.05) is 18.2 Å². The first-order valence-corrected chi connectivity index (χ1v) is 9.58. The largest absolute Gasteiger partial charge is 0.497 e. The predicted molar refractivity (Wildman–Crippen MR) is 108 cm³/mol. The minimum Gasteiger partial charge on any atom is -0.497 e. The highest BCUT2D eigenvalue weighted by Crippen LogP contribution is 2.34. The molecule has 0 bridgehead atoms. The number of ether oxygens (including phenoxy) is 2. The molecule has 0 aliphatic carbocycles. The predicted octanol–water partition coefficient (Wildman–Crippen LogP) is 3.23. The fraction of sp³-hybridized carbons (Fsp3) is 0.182. The molecule has 0 fully saturated rings. The maximum absolute atomic E-state index is 13.9. The first kappa shape index (κ1) is 19.0. The number of nitriles is 1. The smallest absolute Gasteiger partial charge is 0.166 e. The SMILES string of the molecule is COc1ccc2c(c1)-c1nnc(COCc3ccccc3F)n1Cc1c(C#N)ncn1-2. The van der Waals surface area contributed by atoms with Crippen LogP contribution in [-0.4, -0.2) is 31.4 Å². The molecule has 0 saturated carbocycles. The Morgan fingerprint density at radius 3 is 2.84 bits per heavy atom. The first-order valence-electron chi connectivity index (χ1n) is 9.58. The fourth-order valence-electron chi connectivity index (χ4n) is 3.68. The molecule has 8 nitrogen and oxygen atoms in total. The minimum atomic E-state index is -0.314. The quantitative estimate of drug-likeness (QED) is 0.437. The third-order valence-corrected chi connectivity index (χ3v) is 5.26. The van der Waals surface area contributed by atoms with E-state index in [4.69, 9.17) is 9.47 Å². The summed E-state index contributed by atoms with van der Waals surface area (Å²) in [6.07, 6.45) is 1.63. The molecule has 0 spiro atoms. The van der Waals surface area contributed by atoms with E-state index >= 15 is 0 Å². The maximum atomic E-state index is 13.9. The Balaban J connectivity index is 1.53. The van der Waals surface area contributed by atoms with Gasteiger partial charge in [-0.2, -0.15) is 5.26 Å². The molecule has 31 heavy (non-hydrogen) atoms. The van der Waals surface area contributed by atoms with Gasteiger partial charge in [-0.05, 0) is 24.3 Å². The Morgan fingerprint density at radius 1 is 1.16 bits per heavy atom. The summed E-state index contributed by atoms with van der Waals surface area (Å²) in [6, 6.07) is 14.3. The average molecular weight is 416 g/mol. The van der Waals surface area contributed by atoms with E-state index in [-0.39, 0.29) is 19.0 Å². The molecule has 0 amide bonds. The topological polar surface area (TPSA) is 90.8 Å². The van der Waals surface area contributed by atoms with Gasteiger partial charge in [0.25, 0.3) is 0 Å². The van der Waals surface area contributed by atoms with E-state index < -0.39 is 0 Å². The molecule has 9 heteroatoms. The van der Waals surface area contributed by atoms with E-state index in [1.165, 1.54) is 6.07 Å². The molecule has 0 atom stereocenters. The summed E-state index contributed by atoms with van der Waals surface area (Å²) in [5.41, 5.74) is 3.16. The zero-order valence-corrected chi connectivity index (χ0v) is 16.6. The number of benzene rings is 2. The van der Waals surface area contributed by atoms with Gasteiger partial charge in [-0.25, -0.2) is 9.37 Å². The van der Waals surface area contributed by atoms with Crippen molar-refractivity contribution in [3.63, 3.8) is 0 Å². The summed E-state index contributed by atoms with van der Waals surface area (Å²) in [5.74, 6) is 1.56. The van der Waals surface area contributed by atoms with Crippen LogP contribution in [0.3, 0.4) is 0 Å². The van der Waals surface area contributed by atoms with Crippen LogP contribution in [0.2, 0.25) is 0 Å². The fourth-order valence-corrected chi connectivity index (χ4v) is 3.68. The van der Waals surface area contributed by atoms with Gasteiger partial charge in [0, 0.05) is 11.1 Å². The highest BCUT2D eigenvalue weighted by atomic mass is 19.1. The van der Waals surface area contributed by atoms with Crippen LogP contribution in [-0.2, 0) is 24.5 Å². The van der Waals surface area contributed by atoms with Crippen molar-refractivity contribution < 1.29 is 13.9 Å². The summed E-state index contributed by atoms with van der Waals surface area (Å²) in [4.78, 5) is 4.24. The van der Waals surface area contributed by atoms with Crippen LogP contribution >= 0.6 is 0 Å². The second kappa shape index (κ2) is 7.66. The number of hydrogen-bond donors (Lipinski definition) is 0. The van der Waals surface area contributed by atoms with Crippen LogP contribution in [0.4, 0.5) is 4.39 Å². The lowest BCUT2D eigenvalue weighted by Crippen LogP contribution is -2.10. The van der Waals surface area contributed by atoms with Crippen molar-refractivity contribution >= 4 is 0 Å². The molecule has 0 radical (unpaired) electrons. The number of nitrogens with zero attached hydrogens (tertiary/aromatic N) is 6. The third kappa shape index (κ3) is 3.23. The molecule has 154 valence electrons. The Labute approximate surface area is 177 Å². The lowest BCUT2D eigenvalue weighted by Gasteiger charge is -2.09. The average Bonchev–Trinajstić information content (AvgIpc) is 3.35. The van der Waals surface area contributed by atoms with Crippen molar-refractivity contribution in [1.82, 2.24) is 24.3 Å². The van der Waals surface area contributed by atoms with Crippen molar-refractivity contribution in [2.45, 2.75) is 19.8 Å². The lowest BCUT2D eigenvalue weighted by molar-refractivity contribution is 0.0972. The molecular formula is C22H17FN6O2. The molecule has 2 aromatic heterocycles. The number of rotatable bonds is 5. The molecule has 0 N–H and O–H groups in total. The zero-order valence-electron chi connectivity index (χ0n) is 16.6. The van der Waals surface area contributed by atoms with Crippen molar-refractivity contribution in [2.24, 2.45) is 0 Å². The summed E-state index contributed by atoms with van der Waals surface area (Å²) >= 11 is 0. The maximum Gasteiger partial charge on any atom is 0.166 e. The van der Waals surface area contributed by atoms with E-state index in [0.717, 1.165) is 16.9 Å². The molecule has 0 saturated heterocycles. The number of fused-ring (bicyclic) bond motifs is 5. The molecule has 0 unspecified atom stereocenters. The molecule has 5 rings (SSSR count). The Bertz CT molecular complexity index is 1320. The van der Waals surface area contributed by atoms with Crippen LogP contribution in [0.25, 0.3) is 17.1 Å². The normalized spacial score (nSPS) is 11.8. The van der Waals surface area contributed by atoms with Gasteiger partial charge < -0.3 is 14.0 Å². The van der Waals surface area contributed by atoms with E-state index in [2.05, 4.69) is 21.3 Å². The van der Waals surface area contributed by atoms with Crippen molar-refractivity contribution in [3.05, 3.63) is 77.4 Å². The molecule has 1 aliphatic rings. The number of hydrogen-bond acceptors (Lipinski definition) is 6. The monoisotopic (exact) mass is 416 g/mol. The van der Waals surface area contributed by atoms with Gasteiger partial charge in [0.1, 0.15) is 30.6 Å². The minimum absolute atomic E-state index is 0.112. The van der Waals surface area contributed by atoms with E-state index in [1.807, 2.05) is 27.3 Å². The van der Waals surface area contributed by atoms with E-state index in [1.54, 1.807) is 31.6 Å². The van der Waals surface area contributed by atoms with Gasteiger partial charge in [0.15, 0.2) is 17.3 Å². The molecule has 1 aliphatic heterocycles. The van der Waals surface area contributed by atoms with Crippen molar-refractivity contribution in [2.75, 3.05) is 7.11 Å². The number of halogens is 1. The summed E-state index contributed by atoms with van der Waals surface area (Å²) in [6.45, 7) is 0.595. The van der Waals surface area contributed by atoms with Gasteiger partial charge >= 0.3 is 0 Å². The Kier molecular flexibility index (Phi) is 4.69. The lowest BCUT2D eigenvalue weighted by atomic mass is 10.1. The zero-order chi connectivity index (χ0) is 21.4. The van der Waals surface area contributed by atoms with Crippen molar-refractivity contribution in [1.29, 1.82) is 5.26 Å². The molecule has 4 aromatic rings. The number of methoxy groups -OCH3 is 1. The standard InChI is InChI=1S/C22H17FN6O2/c1-30-15-6-7-19-16(8-15)22-27-26-21(12-31-11-14-4-2-3-5-17(14)23)28(22)10-20-18(9-24)25-13-29(19)20/h2-8,13H,10-12H2,1H3. The van der Waals surface area contributed by atoms with E-state index in [0.29, 0.717) is 35.2 Å². The van der Waals surface area contributed by atoms with Gasteiger partial charge in [-0.3, -0.25) is 4.57 Å². The van der Waals surface area contributed by atoms with Crippen LogP contribution < -0.4 is 4.74 Å². The van der Waals surface area contributed by atoms with Crippen LogP contribution in [0, 0.1) is 17.1 Å². The summed E-state index contributed by atoms with van der Waals surface area (Å²) in [5, 5.41) is 18.2. The van der Waals surface area contributed by atoms with E-state index in [9.17, 15) is 9.65 Å². The third-order valence-electron chi connectivity index (χ3n) is 5.26. The van der Waals surface area contributed by atoms with Crippen molar-refractivity contribution in [3.8, 4) is 28.9 Å². The molecular weight excluding hydrogens is 399 g/mol. The van der Waals surface area contributed by atoms with Gasteiger partial charge in [0.05, 0.1) is 31.6 Å². The Hall–Kier alpha value is -4.03. The van der Waals surface area contributed by atoms with Gasteiger partial charge in [-0.15, -0.1) is 10.2 Å². The van der Waals surface area contributed by atoms with Crippen LogP contribution in [0.15, 0.2) is 48.8 Å². The molecule has 3 heterocycles. The highest BCUT2D eigenvalue weighted by Gasteiger charge is 2.26. The van der Waals surface area contributed by atoms with Gasteiger partial charge in [0.2, 0.25) is 0 Å². The van der Waals surface area contributed by atoms with Crippen LogP contribution in [0.5, 0.6) is 5.75 Å². The first-order chi connectivity index (χ1) is 15.2. The number of aromatic nitrogens is 5. The second-order valence-electron chi connectivity index (χ2n) is 7.01. The summed E-state index contributed by atoms with van der Waals surface area (Å²) < 4.78 is 28.8. The second-order valence-corrected chi connectivity index (χ2v) is 7.01. The van der Waals surface area contributed by atoms with Crippen LogP contribution in [0.1, 0.15) is 22.8 Å².